The monoisotopic (exact) mass is 316 g/mol. The number of aromatic nitrogens is 1. The quantitative estimate of drug-likeness (QED) is 0.876. The van der Waals surface area contributed by atoms with E-state index in [0.717, 1.165) is 16.8 Å². The van der Waals surface area contributed by atoms with Crippen LogP contribution in [0.3, 0.4) is 0 Å². The highest BCUT2D eigenvalue weighted by Crippen LogP contribution is 2.17. The SMILES string of the molecule is COCC(CNC(C)(C)C)Oc1cncc(Br)c1. The molecule has 1 N–H and O–H groups in total. The number of nitrogens with one attached hydrogen (secondary N) is 1. The van der Waals surface area contributed by atoms with E-state index in [0.29, 0.717) is 6.61 Å². The number of rotatable bonds is 6. The summed E-state index contributed by atoms with van der Waals surface area (Å²) >= 11 is 3.37. The fourth-order valence-electron chi connectivity index (χ4n) is 1.39. The van der Waals surface area contributed by atoms with Gasteiger partial charge in [0.2, 0.25) is 0 Å². The molecule has 1 heterocycles. The Morgan fingerprint density at radius 3 is 2.67 bits per heavy atom. The van der Waals surface area contributed by atoms with Crippen molar-refractivity contribution in [3.8, 4) is 5.75 Å². The summed E-state index contributed by atoms with van der Waals surface area (Å²) in [6.45, 7) is 7.63. The number of hydrogen-bond donors (Lipinski definition) is 1. The molecule has 0 aliphatic heterocycles. The second-order valence-corrected chi connectivity index (χ2v) is 6.08. The standard InChI is InChI=1S/C13H21BrN2O2/c1-13(2,3)16-8-12(9-17-4)18-11-5-10(14)6-15-7-11/h5-7,12,16H,8-9H2,1-4H3. The first-order valence-corrected chi connectivity index (χ1v) is 6.71. The predicted octanol–water partition coefficient (Wildman–Crippen LogP) is 2.63. The van der Waals surface area contributed by atoms with Crippen molar-refractivity contribution < 1.29 is 9.47 Å². The van der Waals surface area contributed by atoms with Gasteiger partial charge in [-0.05, 0) is 42.8 Å². The zero-order valence-electron chi connectivity index (χ0n) is 11.4. The number of pyridine rings is 1. The molecule has 1 aromatic rings. The van der Waals surface area contributed by atoms with Gasteiger partial charge < -0.3 is 14.8 Å². The Hall–Kier alpha value is -0.650. The molecule has 1 atom stereocenters. The Balaban J connectivity index is 2.57. The van der Waals surface area contributed by atoms with Crippen molar-refractivity contribution in [3.05, 3.63) is 22.9 Å². The summed E-state index contributed by atoms with van der Waals surface area (Å²) in [6, 6.07) is 1.90. The Labute approximate surface area is 117 Å². The number of nitrogens with zero attached hydrogens (tertiary/aromatic N) is 1. The summed E-state index contributed by atoms with van der Waals surface area (Å²) in [5, 5.41) is 3.40. The third-order valence-corrected chi connectivity index (χ3v) is 2.63. The van der Waals surface area contributed by atoms with Crippen LogP contribution in [0.15, 0.2) is 22.9 Å². The molecule has 0 aliphatic rings. The van der Waals surface area contributed by atoms with Crippen LogP contribution < -0.4 is 10.1 Å². The highest BCUT2D eigenvalue weighted by molar-refractivity contribution is 9.10. The Morgan fingerprint density at radius 2 is 2.11 bits per heavy atom. The molecule has 5 heteroatoms. The predicted molar refractivity (Wildman–Crippen MR) is 76.0 cm³/mol. The van der Waals surface area contributed by atoms with Crippen LogP contribution in [0.1, 0.15) is 20.8 Å². The van der Waals surface area contributed by atoms with Crippen LogP contribution in [0.2, 0.25) is 0 Å². The van der Waals surface area contributed by atoms with Gasteiger partial charge in [0.05, 0.1) is 12.8 Å². The van der Waals surface area contributed by atoms with Gasteiger partial charge >= 0.3 is 0 Å². The summed E-state index contributed by atoms with van der Waals surface area (Å²) in [7, 11) is 1.67. The van der Waals surface area contributed by atoms with Crippen molar-refractivity contribution in [2.45, 2.75) is 32.4 Å². The van der Waals surface area contributed by atoms with Gasteiger partial charge in [-0.2, -0.15) is 0 Å². The van der Waals surface area contributed by atoms with Crippen LogP contribution in [-0.2, 0) is 4.74 Å². The van der Waals surface area contributed by atoms with Crippen molar-refractivity contribution in [2.75, 3.05) is 20.3 Å². The maximum absolute atomic E-state index is 5.85. The molecule has 0 aliphatic carbocycles. The Bertz CT molecular complexity index is 366. The molecule has 0 aromatic carbocycles. The van der Waals surface area contributed by atoms with E-state index in [9.17, 15) is 0 Å². The Kier molecular flexibility index (Phi) is 6.05. The molecule has 0 saturated heterocycles. The molecule has 1 rings (SSSR count). The maximum atomic E-state index is 5.85. The lowest BCUT2D eigenvalue weighted by molar-refractivity contribution is 0.0762. The minimum atomic E-state index is -0.0367. The lowest BCUT2D eigenvalue weighted by Crippen LogP contribution is -2.44. The van der Waals surface area contributed by atoms with Gasteiger partial charge in [-0.25, -0.2) is 0 Å². The Morgan fingerprint density at radius 1 is 1.39 bits per heavy atom. The smallest absolute Gasteiger partial charge is 0.139 e. The molecule has 0 spiro atoms. The molecule has 0 amide bonds. The van der Waals surface area contributed by atoms with Gasteiger partial charge in [-0.15, -0.1) is 0 Å². The van der Waals surface area contributed by atoms with Gasteiger partial charge in [0, 0.05) is 29.9 Å². The first-order chi connectivity index (χ1) is 8.40. The first-order valence-electron chi connectivity index (χ1n) is 5.92. The molecule has 1 unspecified atom stereocenters. The molecule has 1 aromatic heterocycles. The minimum Gasteiger partial charge on any atom is -0.485 e. The fourth-order valence-corrected chi connectivity index (χ4v) is 1.73. The van der Waals surface area contributed by atoms with Gasteiger partial charge in [-0.1, -0.05) is 0 Å². The lowest BCUT2D eigenvalue weighted by atomic mass is 10.1. The molecule has 0 radical (unpaired) electrons. The van der Waals surface area contributed by atoms with Crippen LogP contribution in [0.4, 0.5) is 0 Å². The summed E-state index contributed by atoms with van der Waals surface area (Å²) in [4.78, 5) is 4.07. The minimum absolute atomic E-state index is 0.0367. The van der Waals surface area contributed by atoms with Gasteiger partial charge in [-0.3, -0.25) is 4.98 Å². The summed E-state index contributed by atoms with van der Waals surface area (Å²) in [5.41, 5.74) is 0.0604. The summed E-state index contributed by atoms with van der Waals surface area (Å²) in [6.07, 6.45) is 3.39. The summed E-state index contributed by atoms with van der Waals surface area (Å²) < 4.78 is 11.9. The zero-order chi connectivity index (χ0) is 13.6. The number of halogens is 1. The average molecular weight is 317 g/mol. The number of methoxy groups -OCH3 is 1. The van der Waals surface area contributed by atoms with Crippen LogP contribution in [0, 0.1) is 0 Å². The molecule has 0 saturated carbocycles. The molecule has 102 valence electrons. The van der Waals surface area contributed by atoms with Crippen molar-refractivity contribution >= 4 is 15.9 Å². The fraction of sp³-hybridized carbons (Fsp3) is 0.615. The second-order valence-electron chi connectivity index (χ2n) is 5.16. The average Bonchev–Trinajstić information content (AvgIpc) is 2.25. The van der Waals surface area contributed by atoms with Gasteiger partial charge in [0.15, 0.2) is 0 Å². The molecular weight excluding hydrogens is 296 g/mol. The largest absolute Gasteiger partial charge is 0.485 e. The second kappa shape index (κ2) is 7.07. The van der Waals surface area contributed by atoms with Crippen molar-refractivity contribution in [3.63, 3.8) is 0 Å². The van der Waals surface area contributed by atoms with Crippen LogP contribution >= 0.6 is 15.9 Å². The third kappa shape index (κ3) is 6.33. The van der Waals surface area contributed by atoms with E-state index >= 15 is 0 Å². The van der Waals surface area contributed by atoms with Gasteiger partial charge in [0.25, 0.3) is 0 Å². The topological polar surface area (TPSA) is 43.4 Å². The van der Waals surface area contributed by atoms with E-state index in [1.54, 1.807) is 19.5 Å². The van der Waals surface area contributed by atoms with E-state index < -0.39 is 0 Å². The van der Waals surface area contributed by atoms with Gasteiger partial charge in [0.1, 0.15) is 11.9 Å². The van der Waals surface area contributed by atoms with Crippen LogP contribution in [-0.4, -0.2) is 36.9 Å². The summed E-state index contributed by atoms with van der Waals surface area (Å²) in [5.74, 6) is 0.738. The molecule has 18 heavy (non-hydrogen) atoms. The van der Waals surface area contributed by atoms with E-state index in [-0.39, 0.29) is 11.6 Å². The number of hydrogen-bond acceptors (Lipinski definition) is 4. The molecule has 0 fully saturated rings. The van der Waals surface area contributed by atoms with Crippen molar-refractivity contribution in [1.29, 1.82) is 0 Å². The van der Waals surface area contributed by atoms with Crippen molar-refractivity contribution in [2.24, 2.45) is 0 Å². The highest BCUT2D eigenvalue weighted by atomic mass is 79.9. The lowest BCUT2D eigenvalue weighted by Gasteiger charge is -2.25. The van der Waals surface area contributed by atoms with E-state index in [4.69, 9.17) is 9.47 Å². The van der Waals surface area contributed by atoms with Crippen LogP contribution in [0.25, 0.3) is 0 Å². The first kappa shape index (κ1) is 15.4. The highest BCUT2D eigenvalue weighted by Gasteiger charge is 2.15. The van der Waals surface area contributed by atoms with E-state index in [2.05, 4.69) is 47.0 Å². The van der Waals surface area contributed by atoms with E-state index in [1.165, 1.54) is 0 Å². The zero-order valence-corrected chi connectivity index (χ0v) is 13.0. The molecule has 0 bridgehead atoms. The molecular formula is C13H21BrN2O2. The molecule has 4 nitrogen and oxygen atoms in total. The van der Waals surface area contributed by atoms with E-state index in [1.807, 2.05) is 6.07 Å². The third-order valence-electron chi connectivity index (χ3n) is 2.20. The van der Waals surface area contributed by atoms with Crippen molar-refractivity contribution in [1.82, 2.24) is 10.3 Å². The number of ether oxygens (including phenoxy) is 2. The maximum Gasteiger partial charge on any atom is 0.139 e. The normalized spacial score (nSPS) is 13.4. The van der Waals surface area contributed by atoms with Crippen LogP contribution in [0.5, 0.6) is 5.75 Å².